The zero-order valence-corrected chi connectivity index (χ0v) is 15.1. The van der Waals surface area contributed by atoms with Crippen LogP contribution in [0.1, 0.15) is 31.5 Å². The van der Waals surface area contributed by atoms with Gasteiger partial charge < -0.3 is 15.0 Å². The lowest BCUT2D eigenvalue weighted by atomic mass is 9.98. The normalized spacial score (nSPS) is 17.4. The van der Waals surface area contributed by atoms with Crippen molar-refractivity contribution in [3.8, 4) is 0 Å². The summed E-state index contributed by atoms with van der Waals surface area (Å²) in [6.45, 7) is 3.48. The Labute approximate surface area is 152 Å². The quantitative estimate of drug-likeness (QED) is 0.658. The van der Waals surface area contributed by atoms with Crippen LogP contribution in [0.3, 0.4) is 0 Å². The second-order valence-electron chi connectivity index (χ2n) is 5.91. The summed E-state index contributed by atoms with van der Waals surface area (Å²) in [5, 5.41) is 3.49. The molecule has 1 aromatic heterocycles. The van der Waals surface area contributed by atoms with E-state index >= 15 is 0 Å². The van der Waals surface area contributed by atoms with E-state index < -0.39 is 0 Å². The van der Waals surface area contributed by atoms with Crippen LogP contribution in [0.4, 0.5) is 15.9 Å². The van der Waals surface area contributed by atoms with Gasteiger partial charge in [0.2, 0.25) is 0 Å². The zero-order valence-electron chi connectivity index (χ0n) is 14.4. The van der Waals surface area contributed by atoms with Gasteiger partial charge in [0.1, 0.15) is 28.9 Å². The van der Waals surface area contributed by atoms with Crippen LogP contribution in [-0.2, 0) is 4.79 Å². The average molecular weight is 365 g/mol. The summed E-state index contributed by atoms with van der Waals surface area (Å²) >= 11 is 6.12. The third kappa shape index (κ3) is 6.07. The minimum Gasteiger partial charge on any atom is -0.340 e. The molecule has 1 aromatic carbocycles. The number of nitrogens with one attached hydrogen (secondary N) is 1. The van der Waals surface area contributed by atoms with Gasteiger partial charge in [0.15, 0.2) is 0 Å². The van der Waals surface area contributed by atoms with Crippen LogP contribution in [-0.4, -0.2) is 41.3 Å². The van der Waals surface area contributed by atoms with Crippen LogP contribution in [0.5, 0.6) is 0 Å². The molecule has 1 N–H and O–H groups in total. The Hall–Kier alpha value is -2.05. The summed E-state index contributed by atoms with van der Waals surface area (Å²) in [7, 11) is 2.10. The van der Waals surface area contributed by atoms with Crippen molar-refractivity contribution < 1.29 is 9.18 Å². The van der Waals surface area contributed by atoms with Crippen LogP contribution in [0.15, 0.2) is 30.3 Å². The summed E-state index contributed by atoms with van der Waals surface area (Å²) in [6.07, 6.45) is 2.94. The molecule has 0 spiro atoms. The van der Waals surface area contributed by atoms with E-state index in [9.17, 15) is 4.39 Å². The van der Waals surface area contributed by atoms with Crippen molar-refractivity contribution in [1.82, 2.24) is 14.9 Å². The Kier molecular flexibility index (Phi) is 7.28. The van der Waals surface area contributed by atoms with Crippen molar-refractivity contribution in [2.75, 3.05) is 25.5 Å². The number of aromatic nitrogens is 2. The highest BCUT2D eigenvalue weighted by Gasteiger charge is 2.22. The van der Waals surface area contributed by atoms with Crippen molar-refractivity contribution in [1.29, 1.82) is 0 Å². The number of rotatable bonds is 3. The molecule has 1 aliphatic heterocycles. The molecule has 2 aromatic rings. The molecule has 0 bridgehead atoms. The van der Waals surface area contributed by atoms with Crippen LogP contribution in [0, 0.1) is 5.82 Å². The van der Waals surface area contributed by atoms with Gasteiger partial charge in [-0.05, 0) is 51.6 Å². The molecular formula is C18H22ClFN4O. The topological polar surface area (TPSA) is 58.1 Å². The fraction of sp³-hybridized carbons (Fsp3) is 0.389. The summed E-state index contributed by atoms with van der Waals surface area (Å²) in [5.74, 6) is 1.33. The molecule has 1 unspecified atom stereocenters. The van der Waals surface area contributed by atoms with E-state index in [1.807, 2.05) is 0 Å². The summed E-state index contributed by atoms with van der Waals surface area (Å²) in [4.78, 5) is 20.0. The van der Waals surface area contributed by atoms with Gasteiger partial charge in [0.25, 0.3) is 0 Å². The van der Waals surface area contributed by atoms with Gasteiger partial charge in [-0.2, -0.15) is 0 Å². The maximum absolute atomic E-state index is 13.3. The van der Waals surface area contributed by atoms with E-state index in [1.54, 1.807) is 18.2 Å². The molecule has 1 fully saturated rings. The number of carbonyl (C=O) groups excluding carboxylic acids is 1. The lowest BCUT2D eigenvalue weighted by molar-refractivity contribution is -0.106. The number of hydrogen-bond donors (Lipinski definition) is 1. The lowest BCUT2D eigenvalue weighted by Crippen LogP contribution is -2.31. The molecule has 1 aliphatic rings. The Morgan fingerprint density at radius 2 is 2.12 bits per heavy atom. The first-order valence-electron chi connectivity index (χ1n) is 8.17. The molecule has 0 aliphatic carbocycles. The lowest BCUT2D eigenvalue weighted by Gasteiger charge is -2.28. The Bertz CT molecular complexity index is 713. The maximum Gasteiger partial charge on any atom is 0.136 e. The molecule has 1 saturated heterocycles. The number of piperidine rings is 1. The monoisotopic (exact) mass is 364 g/mol. The molecule has 0 saturated carbocycles. The van der Waals surface area contributed by atoms with Crippen molar-refractivity contribution in [3.63, 3.8) is 0 Å². The second kappa shape index (κ2) is 9.44. The van der Waals surface area contributed by atoms with Gasteiger partial charge in [-0.1, -0.05) is 17.7 Å². The van der Waals surface area contributed by atoms with E-state index in [4.69, 9.17) is 16.4 Å². The average Bonchev–Trinajstić information content (AvgIpc) is 2.55. The number of likely N-dealkylation sites (tertiary alicyclic amines) is 1. The molecule has 134 valence electrons. The predicted octanol–water partition coefficient (Wildman–Crippen LogP) is 4.03. The number of nitrogens with zero attached hydrogens (tertiary/aromatic N) is 3. The Morgan fingerprint density at radius 3 is 2.80 bits per heavy atom. The number of carbonyl (C=O) groups is 1. The minimum atomic E-state index is -0.292. The molecule has 0 radical (unpaired) electrons. The van der Waals surface area contributed by atoms with Crippen molar-refractivity contribution >= 4 is 29.4 Å². The van der Waals surface area contributed by atoms with E-state index in [-0.39, 0.29) is 11.7 Å². The molecule has 1 atom stereocenters. The number of halogens is 2. The number of benzene rings is 1. The highest BCUT2D eigenvalue weighted by molar-refractivity contribution is 6.29. The van der Waals surface area contributed by atoms with Gasteiger partial charge in [-0.3, -0.25) is 0 Å². The number of likely N-dealkylation sites (N-methyl/N-ethyl adjacent to an activating group) is 1. The van der Waals surface area contributed by atoms with Crippen molar-refractivity contribution in [2.24, 2.45) is 0 Å². The van der Waals surface area contributed by atoms with Crippen molar-refractivity contribution in [3.05, 3.63) is 47.1 Å². The first kappa shape index (κ1) is 19.3. The van der Waals surface area contributed by atoms with Crippen LogP contribution >= 0.6 is 11.6 Å². The van der Waals surface area contributed by atoms with Crippen LogP contribution in [0.2, 0.25) is 5.15 Å². The molecule has 7 heteroatoms. The summed E-state index contributed by atoms with van der Waals surface area (Å²) in [6, 6.07) is 7.92. The highest BCUT2D eigenvalue weighted by atomic mass is 35.5. The Balaban J connectivity index is 0.000000701. The molecular weight excluding hydrogens is 343 g/mol. The van der Waals surface area contributed by atoms with Gasteiger partial charge in [0.05, 0.1) is 0 Å². The first-order chi connectivity index (χ1) is 12.0. The standard InChI is InChI=1S/C16H18ClFN4.C2H4O/c1-22-7-3-4-11(10-22)16-20-14(17)9-15(21-16)19-13-6-2-5-12(18)8-13;1-2-3/h2,5-6,8-9,11H,3-4,7,10H2,1H3,(H,19,20,21);2H,1H3. The van der Waals surface area contributed by atoms with Gasteiger partial charge in [-0.25, -0.2) is 14.4 Å². The molecule has 2 heterocycles. The number of anilines is 2. The van der Waals surface area contributed by atoms with E-state index in [1.165, 1.54) is 19.1 Å². The zero-order chi connectivity index (χ0) is 18.2. The van der Waals surface area contributed by atoms with Crippen LogP contribution < -0.4 is 5.32 Å². The highest BCUT2D eigenvalue weighted by Crippen LogP contribution is 2.26. The molecule has 0 amide bonds. The van der Waals surface area contributed by atoms with E-state index in [0.717, 1.165) is 38.0 Å². The van der Waals surface area contributed by atoms with Gasteiger partial charge >= 0.3 is 0 Å². The SMILES string of the molecule is CC=O.CN1CCCC(c2nc(Cl)cc(Nc3cccc(F)c3)n2)C1. The van der Waals surface area contributed by atoms with E-state index in [0.29, 0.717) is 16.7 Å². The van der Waals surface area contributed by atoms with Gasteiger partial charge in [-0.15, -0.1) is 0 Å². The van der Waals surface area contributed by atoms with E-state index in [2.05, 4.69) is 27.2 Å². The molecule has 5 nitrogen and oxygen atoms in total. The number of aldehydes is 1. The fourth-order valence-electron chi connectivity index (χ4n) is 2.77. The van der Waals surface area contributed by atoms with Gasteiger partial charge in [0, 0.05) is 24.2 Å². The third-order valence-electron chi connectivity index (χ3n) is 3.80. The largest absolute Gasteiger partial charge is 0.340 e. The van der Waals surface area contributed by atoms with Crippen molar-refractivity contribution in [2.45, 2.75) is 25.7 Å². The fourth-order valence-corrected chi connectivity index (χ4v) is 2.96. The maximum atomic E-state index is 13.3. The van der Waals surface area contributed by atoms with Crippen LogP contribution in [0.25, 0.3) is 0 Å². The second-order valence-corrected chi connectivity index (χ2v) is 6.29. The number of hydrogen-bond acceptors (Lipinski definition) is 5. The smallest absolute Gasteiger partial charge is 0.136 e. The molecule has 3 rings (SSSR count). The minimum absolute atomic E-state index is 0.283. The summed E-state index contributed by atoms with van der Waals surface area (Å²) in [5.41, 5.74) is 0.640. The Morgan fingerprint density at radius 1 is 1.36 bits per heavy atom. The third-order valence-corrected chi connectivity index (χ3v) is 3.99. The first-order valence-corrected chi connectivity index (χ1v) is 8.55. The summed E-state index contributed by atoms with van der Waals surface area (Å²) < 4.78 is 13.3. The predicted molar refractivity (Wildman–Crippen MR) is 97.9 cm³/mol. The molecule has 25 heavy (non-hydrogen) atoms.